The first kappa shape index (κ1) is 33.2. The minimum atomic E-state index is -1.40. The molecule has 1 N–H and O–H groups in total. The number of likely N-dealkylation sites (tertiary alicyclic amines) is 1. The Morgan fingerprint density at radius 1 is 1.18 bits per heavy atom. The first-order valence-corrected chi connectivity index (χ1v) is 17.6. The minimum absolute atomic E-state index is 0.299. The summed E-state index contributed by atoms with van der Waals surface area (Å²) in [5, 5.41) is 12.0. The Labute approximate surface area is 276 Å². The summed E-state index contributed by atoms with van der Waals surface area (Å²) in [4.78, 5) is 16.3. The monoisotopic (exact) mass is 662 g/mol. The lowest BCUT2D eigenvalue weighted by atomic mass is 9.97. The molecule has 0 radical (unpaired) electrons. The molecule has 1 aliphatic rings. The van der Waals surface area contributed by atoms with Gasteiger partial charge in [0.1, 0.15) is 16.4 Å². The van der Waals surface area contributed by atoms with Gasteiger partial charge in [0, 0.05) is 29.4 Å². The van der Waals surface area contributed by atoms with Crippen LogP contribution in [0.5, 0.6) is 0 Å². The van der Waals surface area contributed by atoms with Gasteiger partial charge in [0.25, 0.3) is 0 Å². The van der Waals surface area contributed by atoms with Crippen molar-refractivity contribution >= 4 is 54.3 Å². The second-order valence-electron chi connectivity index (χ2n) is 11.4. The number of carbonyl (C=O) groups is 1. The predicted molar refractivity (Wildman–Crippen MR) is 190 cm³/mol. The molecule has 2 aromatic carbocycles. The zero-order valence-corrected chi connectivity index (χ0v) is 28.7. The van der Waals surface area contributed by atoms with Gasteiger partial charge in [-0.15, -0.1) is 11.3 Å². The second-order valence-corrected chi connectivity index (χ2v) is 14.7. The van der Waals surface area contributed by atoms with Crippen molar-refractivity contribution < 1.29 is 18.8 Å². The molecule has 1 saturated heterocycles. The third kappa shape index (κ3) is 7.62. The molecule has 45 heavy (non-hydrogen) atoms. The number of aryl methyl sites for hydroxylation is 2. The van der Waals surface area contributed by atoms with Gasteiger partial charge in [0.05, 0.1) is 10.7 Å². The SMILES string of the molecule is C=C/C=C\c1oc(-c2ccc(-c3cc(N(CC4CCN(C)CC4)P(OC)c4ccc(CC)cc4Cl)c(C(=O)O)s3)cc2)cc1C. The molecule has 236 valence electrons. The number of rotatable bonds is 12. The van der Waals surface area contributed by atoms with Gasteiger partial charge in [-0.1, -0.05) is 67.6 Å². The van der Waals surface area contributed by atoms with E-state index in [1.54, 1.807) is 13.2 Å². The summed E-state index contributed by atoms with van der Waals surface area (Å²) in [6.45, 7) is 10.6. The number of benzene rings is 2. The van der Waals surface area contributed by atoms with E-state index >= 15 is 0 Å². The number of nitrogens with zero attached hydrogens (tertiary/aromatic N) is 2. The number of hydrogen-bond donors (Lipinski definition) is 1. The number of hydrogen-bond acceptors (Lipinski definition) is 6. The molecule has 3 heterocycles. The standard InChI is InChI=1S/C36H40ClN2O4PS/c1-6-8-9-31-24(3)20-32(43-31)27-11-13-28(14-12-27)34-22-30(35(45-34)36(40)41)39(23-26-16-18-38(4)19-17-26)44(42-5)33-15-10-25(7-2)21-29(33)37/h6,8-15,20-22,26H,1,7,16-19,23H2,2-5H3,(H,40,41)/b9-8-. The van der Waals surface area contributed by atoms with Crippen LogP contribution < -0.4 is 9.97 Å². The van der Waals surface area contributed by atoms with E-state index in [2.05, 4.69) is 36.2 Å². The first-order valence-electron chi connectivity index (χ1n) is 15.2. The van der Waals surface area contributed by atoms with Crippen molar-refractivity contribution in [1.82, 2.24) is 4.90 Å². The van der Waals surface area contributed by atoms with Crippen LogP contribution in [0.1, 0.15) is 46.3 Å². The van der Waals surface area contributed by atoms with Gasteiger partial charge in [-0.3, -0.25) is 0 Å². The summed E-state index contributed by atoms with van der Waals surface area (Å²) in [7, 11) is 2.44. The highest BCUT2D eigenvalue weighted by atomic mass is 35.5. The Morgan fingerprint density at radius 3 is 2.51 bits per heavy atom. The predicted octanol–water partition coefficient (Wildman–Crippen LogP) is 9.53. The highest BCUT2D eigenvalue weighted by Crippen LogP contribution is 2.50. The fourth-order valence-corrected chi connectivity index (χ4v) is 8.97. The molecule has 6 nitrogen and oxygen atoms in total. The van der Waals surface area contributed by atoms with Crippen LogP contribution in [0, 0.1) is 12.8 Å². The number of thiophene rings is 1. The molecule has 0 bridgehead atoms. The zero-order chi connectivity index (χ0) is 32.1. The topological polar surface area (TPSA) is 66.2 Å². The lowest BCUT2D eigenvalue weighted by Crippen LogP contribution is -2.37. The van der Waals surface area contributed by atoms with Crippen LogP contribution in [-0.2, 0) is 10.9 Å². The highest BCUT2D eigenvalue weighted by molar-refractivity contribution is 7.62. The van der Waals surface area contributed by atoms with Crippen LogP contribution >= 0.6 is 31.2 Å². The van der Waals surface area contributed by atoms with E-state index in [1.807, 2.05) is 67.6 Å². The quantitative estimate of drug-likeness (QED) is 0.120. The summed E-state index contributed by atoms with van der Waals surface area (Å²) < 4.78 is 14.5. The zero-order valence-electron chi connectivity index (χ0n) is 26.3. The number of piperidine rings is 1. The maximum Gasteiger partial charge on any atom is 0.348 e. The van der Waals surface area contributed by atoms with Crippen LogP contribution in [-0.4, -0.2) is 49.8 Å². The molecule has 2 aromatic heterocycles. The van der Waals surface area contributed by atoms with Gasteiger partial charge < -0.3 is 23.6 Å². The van der Waals surface area contributed by atoms with Crippen molar-refractivity contribution in [1.29, 1.82) is 0 Å². The summed E-state index contributed by atoms with van der Waals surface area (Å²) in [6, 6.07) is 18.2. The third-order valence-electron chi connectivity index (χ3n) is 8.27. The average Bonchev–Trinajstić information content (AvgIpc) is 3.65. The van der Waals surface area contributed by atoms with E-state index in [4.69, 9.17) is 20.5 Å². The van der Waals surface area contributed by atoms with E-state index in [0.29, 0.717) is 28.0 Å². The lowest BCUT2D eigenvalue weighted by Gasteiger charge is -2.37. The number of carboxylic acid groups (broad SMARTS) is 1. The van der Waals surface area contributed by atoms with Crippen LogP contribution in [0.15, 0.2) is 77.7 Å². The summed E-state index contributed by atoms with van der Waals surface area (Å²) in [5.41, 5.74) is 4.77. The molecule has 0 saturated carbocycles. The van der Waals surface area contributed by atoms with Crippen LogP contribution in [0.25, 0.3) is 27.8 Å². The van der Waals surface area contributed by atoms with Crippen molar-refractivity contribution in [3.8, 4) is 21.8 Å². The molecular formula is C36H40ClN2O4PS. The van der Waals surface area contributed by atoms with Gasteiger partial charge >= 0.3 is 5.97 Å². The molecule has 0 spiro atoms. The summed E-state index contributed by atoms with van der Waals surface area (Å²) >= 11 is 8.15. The normalized spacial score (nSPS) is 15.0. The van der Waals surface area contributed by atoms with Gasteiger partial charge in [-0.05, 0) is 99.3 Å². The summed E-state index contributed by atoms with van der Waals surface area (Å²) in [5.74, 6) is 1.03. The third-order valence-corrected chi connectivity index (χ3v) is 11.8. The van der Waals surface area contributed by atoms with Crippen LogP contribution in [0.4, 0.5) is 5.69 Å². The van der Waals surface area contributed by atoms with Crippen molar-refractivity contribution in [2.24, 2.45) is 5.92 Å². The Morgan fingerprint density at radius 2 is 1.89 bits per heavy atom. The molecule has 4 aromatic rings. The Hall–Kier alpha value is -3.19. The van der Waals surface area contributed by atoms with Gasteiger partial charge in [-0.2, -0.15) is 0 Å². The molecule has 1 aliphatic heterocycles. The molecule has 0 aliphatic carbocycles. The number of furan rings is 1. The van der Waals surface area contributed by atoms with Crippen molar-refractivity contribution in [2.45, 2.75) is 33.1 Å². The molecule has 1 atom stereocenters. The van der Waals surface area contributed by atoms with Crippen LogP contribution in [0.2, 0.25) is 5.02 Å². The van der Waals surface area contributed by atoms with E-state index in [0.717, 1.165) is 76.3 Å². The maximum atomic E-state index is 12.7. The Balaban J connectivity index is 1.52. The summed E-state index contributed by atoms with van der Waals surface area (Å²) in [6.07, 6.45) is 8.44. The average molecular weight is 663 g/mol. The van der Waals surface area contributed by atoms with Crippen molar-refractivity contribution in [3.05, 3.63) is 100 Å². The van der Waals surface area contributed by atoms with Crippen LogP contribution in [0.3, 0.4) is 0 Å². The molecule has 1 unspecified atom stereocenters. The Kier molecular flexibility index (Phi) is 11.0. The highest BCUT2D eigenvalue weighted by Gasteiger charge is 2.32. The number of carboxylic acids is 1. The fraction of sp³-hybridized carbons (Fsp3) is 0.306. The molecule has 9 heteroatoms. The molecule has 0 amide bonds. The second kappa shape index (κ2) is 14.9. The fourth-order valence-electron chi connectivity index (χ4n) is 5.64. The van der Waals surface area contributed by atoms with E-state index in [-0.39, 0.29) is 0 Å². The number of anilines is 1. The Bertz CT molecular complexity index is 1670. The maximum absolute atomic E-state index is 12.7. The number of halogens is 1. The minimum Gasteiger partial charge on any atom is -0.477 e. The van der Waals surface area contributed by atoms with Crippen molar-refractivity contribution in [2.75, 3.05) is 38.5 Å². The lowest BCUT2D eigenvalue weighted by molar-refractivity contribution is 0.0703. The van der Waals surface area contributed by atoms with E-state index in [1.165, 1.54) is 11.3 Å². The number of aromatic carboxylic acids is 1. The van der Waals surface area contributed by atoms with Gasteiger partial charge in [-0.25, -0.2) is 4.79 Å². The smallest absolute Gasteiger partial charge is 0.348 e. The van der Waals surface area contributed by atoms with E-state index in [9.17, 15) is 9.90 Å². The van der Waals surface area contributed by atoms with Crippen molar-refractivity contribution in [3.63, 3.8) is 0 Å². The molecule has 1 fully saturated rings. The molecular weight excluding hydrogens is 623 g/mol. The largest absolute Gasteiger partial charge is 0.477 e. The first-order chi connectivity index (χ1) is 21.7. The van der Waals surface area contributed by atoms with Gasteiger partial charge in [0.15, 0.2) is 8.30 Å². The van der Waals surface area contributed by atoms with E-state index < -0.39 is 14.3 Å². The van der Waals surface area contributed by atoms with Gasteiger partial charge in [0.2, 0.25) is 0 Å². The number of allylic oxidation sites excluding steroid dienone is 2. The molecule has 5 rings (SSSR count).